The SMILES string of the molecule is O=C(CCCCC(=O)N/N=C/c1ccc(O)cc1)N/N=C\c1ccc(O)cc1. The van der Waals surface area contributed by atoms with Crippen molar-refractivity contribution in [3.05, 3.63) is 59.7 Å². The third-order valence-corrected chi connectivity index (χ3v) is 3.65. The van der Waals surface area contributed by atoms with E-state index in [9.17, 15) is 19.8 Å². The Morgan fingerprint density at radius 2 is 1.07 bits per heavy atom. The molecule has 0 aliphatic rings. The van der Waals surface area contributed by atoms with Crippen LogP contribution in [0.2, 0.25) is 0 Å². The molecule has 0 atom stereocenters. The second-order valence-corrected chi connectivity index (χ2v) is 5.98. The Kier molecular flexibility index (Phi) is 8.19. The first-order valence-corrected chi connectivity index (χ1v) is 8.75. The number of amides is 2. The first kappa shape index (κ1) is 20.6. The molecule has 0 saturated carbocycles. The number of hydrazone groups is 2. The minimum atomic E-state index is -0.235. The summed E-state index contributed by atoms with van der Waals surface area (Å²) in [7, 11) is 0. The monoisotopic (exact) mass is 382 g/mol. The molecule has 8 heteroatoms. The molecule has 0 fully saturated rings. The highest BCUT2D eigenvalue weighted by Crippen LogP contribution is 2.08. The van der Waals surface area contributed by atoms with Crippen molar-refractivity contribution in [3.63, 3.8) is 0 Å². The predicted molar refractivity (Wildman–Crippen MR) is 106 cm³/mol. The van der Waals surface area contributed by atoms with Crippen LogP contribution in [-0.4, -0.2) is 34.5 Å². The van der Waals surface area contributed by atoms with Gasteiger partial charge in [-0.1, -0.05) is 0 Å². The van der Waals surface area contributed by atoms with E-state index in [0.717, 1.165) is 11.1 Å². The normalized spacial score (nSPS) is 11.0. The van der Waals surface area contributed by atoms with E-state index < -0.39 is 0 Å². The van der Waals surface area contributed by atoms with Crippen LogP contribution in [0.4, 0.5) is 0 Å². The van der Waals surface area contributed by atoms with E-state index in [0.29, 0.717) is 12.8 Å². The van der Waals surface area contributed by atoms with E-state index in [1.165, 1.54) is 36.7 Å². The van der Waals surface area contributed by atoms with Gasteiger partial charge < -0.3 is 10.2 Å². The summed E-state index contributed by atoms with van der Waals surface area (Å²) in [6.07, 6.45) is 4.59. The Morgan fingerprint density at radius 3 is 1.43 bits per heavy atom. The zero-order valence-electron chi connectivity index (χ0n) is 15.2. The van der Waals surface area contributed by atoms with E-state index in [2.05, 4.69) is 21.1 Å². The number of phenols is 2. The lowest BCUT2D eigenvalue weighted by Gasteiger charge is -2.01. The molecule has 2 rings (SSSR count). The van der Waals surface area contributed by atoms with Crippen LogP contribution in [0.1, 0.15) is 36.8 Å². The average molecular weight is 382 g/mol. The van der Waals surface area contributed by atoms with E-state index in [-0.39, 0.29) is 36.2 Å². The van der Waals surface area contributed by atoms with Gasteiger partial charge >= 0.3 is 0 Å². The molecular formula is C20H22N4O4. The minimum Gasteiger partial charge on any atom is -0.508 e. The minimum absolute atomic E-state index is 0.163. The summed E-state index contributed by atoms with van der Waals surface area (Å²) in [6.45, 7) is 0. The van der Waals surface area contributed by atoms with Crippen LogP contribution < -0.4 is 10.9 Å². The fraction of sp³-hybridized carbons (Fsp3) is 0.200. The Morgan fingerprint density at radius 1 is 0.714 bits per heavy atom. The molecule has 0 bridgehead atoms. The van der Waals surface area contributed by atoms with Crippen molar-refractivity contribution >= 4 is 24.2 Å². The van der Waals surface area contributed by atoms with Crippen LogP contribution in [-0.2, 0) is 9.59 Å². The summed E-state index contributed by atoms with van der Waals surface area (Å²) in [5, 5.41) is 26.0. The number of carbonyl (C=O) groups is 2. The Labute approximate surface area is 162 Å². The largest absolute Gasteiger partial charge is 0.508 e. The van der Waals surface area contributed by atoms with Gasteiger partial charge in [-0.05, 0) is 72.5 Å². The average Bonchev–Trinajstić information content (AvgIpc) is 2.68. The number of phenolic OH excluding ortho intramolecular Hbond substituents is 2. The van der Waals surface area contributed by atoms with Gasteiger partial charge in [0, 0.05) is 12.8 Å². The van der Waals surface area contributed by atoms with Crippen molar-refractivity contribution in [2.24, 2.45) is 10.2 Å². The van der Waals surface area contributed by atoms with E-state index in [1.54, 1.807) is 24.3 Å². The second-order valence-electron chi connectivity index (χ2n) is 5.98. The highest BCUT2D eigenvalue weighted by atomic mass is 16.3. The molecule has 0 unspecified atom stereocenters. The van der Waals surface area contributed by atoms with Crippen LogP contribution in [0.5, 0.6) is 11.5 Å². The number of hydrogen-bond donors (Lipinski definition) is 4. The number of carbonyl (C=O) groups excluding carboxylic acids is 2. The number of hydrogen-bond acceptors (Lipinski definition) is 6. The maximum atomic E-state index is 11.7. The fourth-order valence-corrected chi connectivity index (χ4v) is 2.16. The van der Waals surface area contributed by atoms with Gasteiger partial charge in [0.15, 0.2) is 0 Å². The molecule has 28 heavy (non-hydrogen) atoms. The van der Waals surface area contributed by atoms with Gasteiger partial charge in [-0.15, -0.1) is 0 Å². The number of rotatable bonds is 9. The van der Waals surface area contributed by atoms with Gasteiger partial charge in [0.2, 0.25) is 11.8 Å². The molecule has 146 valence electrons. The van der Waals surface area contributed by atoms with Crippen LogP contribution >= 0.6 is 0 Å². The molecule has 4 N–H and O–H groups in total. The van der Waals surface area contributed by atoms with Gasteiger partial charge in [0.05, 0.1) is 12.4 Å². The molecular weight excluding hydrogens is 360 g/mol. The summed E-state index contributed by atoms with van der Waals surface area (Å²) < 4.78 is 0. The van der Waals surface area contributed by atoms with Gasteiger partial charge in [0.25, 0.3) is 0 Å². The van der Waals surface area contributed by atoms with Gasteiger partial charge in [0.1, 0.15) is 11.5 Å². The summed E-state index contributed by atoms with van der Waals surface area (Å²) in [5.74, 6) is -0.144. The Balaban J connectivity index is 1.57. The number of benzene rings is 2. The van der Waals surface area contributed by atoms with Crippen molar-refractivity contribution in [1.82, 2.24) is 10.9 Å². The first-order valence-electron chi connectivity index (χ1n) is 8.75. The standard InChI is InChI=1S/C20H22N4O4/c25-17-9-5-15(6-10-17)13-21-23-19(27)3-1-2-4-20(28)24-22-14-16-7-11-18(26)12-8-16/h5-14,25-26H,1-4H2,(H,23,27)(H,24,28)/b21-13-,22-14+. The van der Waals surface area contributed by atoms with Crippen molar-refractivity contribution < 1.29 is 19.8 Å². The quantitative estimate of drug-likeness (QED) is 0.302. The van der Waals surface area contributed by atoms with Crippen molar-refractivity contribution in [1.29, 1.82) is 0 Å². The molecule has 2 aromatic rings. The first-order chi connectivity index (χ1) is 13.5. The van der Waals surface area contributed by atoms with Gasteiger partial charge in [-0.25, -0.2) is 10.9 Å². The molecule has 0 aliphatic heterocycles. The lowest BCUT2D eigenvalue weighted by Crippen LogP contribution is -2.19. The van der Waals surface area contributed by atoms with Crippen LogP contribution in [0.15, 0.2) is 58.7 Å². The predicted octanol–water partition coefficient (Wildman–Crippen LogP) is 2.26. The lowest BCUT2D eigenvalue weighted by atomic mass is 10.2. The maximum Gasteiger partial charge on any atom is 0.240 e. The summed E-state index contributed by atoms with van der Waals surface area (Å²) in [6, 6.07) is 12.8. The van der Waals surface area contributed by atoms with Crippen molar-refractivity contribution in [3.8, 4) is 11.5 Å². The van der Waals surface area contributed by atoms with E-state index in [4.69, 9.17) is 0 Å². The molecule has 2 aromatic carbocycles. The molecule has 0 radical (unpaired) electrons. The van der Waals surface area contributed by atoms with Crippen molar-refractivity contribution in [2.75, 3.05) is 0 Å². The van der Waals surface area contributed by atoms with Crippen molar-refractivity contribution in [2.45, 2.75) is 25.7 Å². The lowest BCUT2D eigenvalue weighted by molar-refractivity contribution is -0.123. The molecule has 0 spiro atoms. The topological polar surface area (TPSA) is 123 Å². The molecule has 0 heterocycles. The number of unbranched alkanes of at least 4 members (excludes halogenated alkanes) is 1. The molecule has 0 aromatic heterocycles. The summed E-state index contributed by atoms with van der Waals surface area (Å²) in [5.41, 5.74) is 6.34. The molecule has 8 nitrogen and oxygen atoms in total. The molecule has 0 saturated heterocycles. The fourth-order valence-electron chi connectivity index (χ4n) is 2.16. The zero-order valence-corrected chi connectivity index (χ0v) is 15.2. The Bertz CT molecular complexity index is 759. The number of nitrogens with one attached hydrogen (secondary N) is 2. The third-order valence-electron chi connectivity index (χ3n) is 3.65. The number of nitrogens with zero attached hydrogens (tertiary/aromatic N) is 2. The third kappa shape index (κ3) is 8.13. The smallest absolute Gasteiger partial charge is 0.240 e. The maximum absolute atomic E-state index is 11.7. The van der Waals surface area contributed by atoms with Crippen LogP contribution in [0.3, 0.4) is 0 Å². The molecule has 2 amide bonds. The van der Waals surface area contributed by atoms with Gasteiger partial charge in [-0.3, -0.25) is 9.59 Å². The Hall–Kier alpha value is -3.68. The highest BCUT2D eigenvalue weighted by molar-refractivity contribution is 5.83. The second kappa shape index (κ2) is 11.1. The highest BCUT2D eigenvalue weighted by Gasteiger charge is 2.03. The zero-order chi connectivity index (χ0) is 20.2. The summed E-state index contributed by atoms with van der Waals surface area (Å²) in [4.78, 5) is 23.4. The van der Waals surface area contributed by atoms with E-state index in [1.807, 2.05) is 0 Å². The van der Waals surface area contributed by atoms with Gasteiger partial charge in [-0.2, -0.15) is 10.2 Å². The van der Waals surface area contributed by atoms with Crippen LogP contribution in [0.25, 0.3) is 0 Å². The molecule has 0 aliphatic carbocycles. The number of aromatic hydroxyl groups is 2. The van der Waals surface area contributed by atoms with Crippen LogP contribution in [0, 0.1) is 0 Å². The van der Waals surface area contributed by atoms with E-state index >= 15 is 0 Å². The summed E-state index contributed by atoms with van der Waals surface area (Å²) >= 11 is 0.